The maximum Gasteiger partial charge on any atom is 0.0500 e. The topological polar surface area (TPSA) is 40.5 Å². The van der Waals surface area contributed by atoms with Gasteiger partial charge in [0.15, 0.2) is 0 Å². The van der Waals surface area contributed by atoms with E-state index in [2.05, 4.69) is 0 Å². The third-order valence-corrected chi connectivity index (χ3v) is 1.58. The summed E-state index contributed by atoms with van der Waals surface area (Å²) < 4.78 is 0. The van der Waals surface area contributed by atoms with Crippen LogP contribution in [0.3, 0.4) is 0 Å². The lowest BCUT2D eigenvalue weighted by Gasteiger charge is -2.25. The lowest BCUT2D eigenvalue weighted by molar-refractivity contribution is 0.154. The predicted octanol–water partition coefficient (Wildman–Crippen LogP) is -0.227. The summed E-state index contributed by atoms with van der Waals surface area (Å²) in [6.45, 7) is 0.337. The van der Waals surface area contributed by atoms with Crippen LogP contribution in [0.4, 0.5) is 0 Å². The summed E-state index contributed by atoms with van der Waals surface area (Å²) in [6, 6.07) is 0. The predicted molar refractivity (Wildman–Crippen MR) is 30.3 cm³/mol. The molecule has 0 amide bonds. The third kappa shape index (κ3) is 0.767. The Kier molecular flexibility index (Phi) is 1.65. The molecule has 0 heterocycles. The Morgan fingerprint density at radius 2 is 1.38 bits per heavy atom. The molecule has 1 aliphatic rings. The van der Waals surface area contributed by atoms with E-state index in [1.807, 2.05) is 12.2 Å². The molecule has 1 rings (SSSR count). The minimum atomic E-state index is 0.168. The smallest absolute Gasteiger partial charge is 0.0500 e. The molecule has 2 atom stereocenters. The Labute approximate surface area is 48.5 Å². The molecule has 0 aromatic rings. The lowest BCUT2D eigenvalue weighted by atomic mass is 9.84. The first-order valence-electron chi connectivity index (χ1n) is 2.78. The fraction of sp³-hybridized carbons (Fsp3) is 0.667. The molecule has 2 heteroatoms. The molecule has 0 unspecified atom stereocenters. The Morgan fingerprint density at radius 3 is 1.50 bits per heavy atom. The van der Waals surface area contributed by atoms with E-state index in [9.17, 15) is 0 Å². The number of rotatable bonds is 2. The van der Waals surface area contributed by atoms with Gasteiger partial charge in [0, 0.05) is 25.0 Å². The molecule has 0 bridgehead atoms. The summed E-state index contributed by atoms with van der Waals surface area (Å²) in [6.07, 6.45) is 3.84. The molecule has 0 saturated heterocycles. The third-order valence-electron chi connectivity index (χ3n) is 1.58. The number of hydrogen-bond donors (Lipinski definition) is 2. The van der Waals surface area contributed by atoms with Crippen molar-refractivity contribution in [2.45, 2.75) is 0 Å². The van der Waals surface area contributed by atoms with Crippen LogP contribution >= 0.6 is 0 Å². The van der Waals surface area contributed by atoms with Gasteiger partial charge in [0.2, 0.25) is 0 Å². The summed E-state index contributed by atoms with van der Waals surface area (Å²) in [5.41, 5.74) is 0. The van der Waals surface area contributed by atoms with Crippen molar-refractivity contribution in [1.82, 2.24) is 0 Å². The van der Waals surface area contributed by atoms with Gasteiger partial charge in [-0.2, -0.15) is 0 Å². The Morgan fingerprint density at radius 1 is 1.00 bits per heavy atom. The van der Waals surface area contributed by atoms with Crippen LogP contribution in [0, 0.1) is 11.8 Å². The summed E-state index contributed by atoms with van der Waals surface area (Å²) in [7, 11) is 0. The summed E-state index contributed by atoms with van der Waals surface area (Å²) in [5.74, 6) is 0.444. The SMILES string of the molecule is OC[C@H]1C=C[C@@H]1CO. The summed E-state index contributed by atoms with van der Waals surface area (Å²) in [5, 5.41) is 17.1. The molecule has 0 saturated carbocycles. The molecule has 1 aliphatic carbocycles. The van der Waals surface area contributed by atoms with Gasteiger partial charge in [-0.1, -0.05) is 12.2 Å². The quantitative estimate of drug-likeness (QED) is 0.487. The average molecular weight is 114 g/mol. The standard InChI is InChI=1S/C6H10O2/c7-3-5-1-2-6(5)4-8/h1-2,5-8H,3-4H2/t5-,6-/m1/s1. The first kappa shape index (κ1) is 5.79. The van der Waals surface area contributed by atoms with Crippen LogP contribution in [-0.4, -0.2) is 23.4 Å². The van der Waals surface area contributed by atoms with Crippen molar-refractivity contribution < 1.29 is 10.2 Å². The monoisotopic (exact) mass is 114 g/mol. The van der Waals surface area contributed by atoms with E-state index < -0.39 is 0 Å². The van der Waals surface area contributed by atoms with Crippen LogP contribution < -0.4 is 0 Å². The number of aliphatic hydroxyl groups excluding tert-OH is 2. The van der Waals surface area contributed by atoms with Crippen LogP contribution in [0.15, 0.2) is 12.2 Å². The first-order valence-corrected chi connectivity index (χ1v) is 2.78. The molecule has 2 nitrogen and oxygen atoms in total. The first-order chi connectivity index (χ1) is 3.88. The molecule has 8 heavy (non-hydrogen) atoms. The zero-order chi connectivity index (χ0) is 5.98. The summed E-state index contributed by atoms with van der Waals surface area (Å²) in [4.78, 5) is 0. The zero-order valence-electron chi connectivity index (χ0n) is 4.62. The molecular weight excluding hydrogens is 104 g/mol. The van der Waals surface area contributed by atoms with E-state index in [0.717, 1.165) is 0 Å². The Hall–Kier alpha value is -0.340. The van der Waals surface area contributed by atoms with E-state index in [1.54, 1.807) is 0 Å². The second kappa shape index (κ2) is 2.29. The molecular formula is C6H10O2. The van der Waals surface area contributed by atoms with Gasteiger partial charge >= 0.3 is 0 Å². The van der Waals surface area contributed by atoms with Gasteiger partial charge in [0.25, 0.3) is 0 Å². The van der Waals surface area contributed by atoms with E-state index >= 15 is 0 Å². The van der Waals surface area contributed by atoms with Gasteiger partial charge in [-0.05, 0) is 0 Å². The van der Waals surface area contributed by atoms with Gasteiger partial charge in [0.1, 0.15) is 0 Å². The molecule has 0 radical (unpaired) electrons. The van der Waals surface area contributed by atoms with Crippen molar-refractivity contribution in [2.75, 3.05) is 13.2 Å². The van der Waals surface area contributed by atoms with Gasteiger partial charge < -0.3 is 10.2 Å². The van der Waals surface area contributed by atoms with Crippen molar-refractivity contribution in [2.24, 2.45) is 11.8 Å². The molecule has 46 valence electrons. The number of aliphatic hydroxyl groups is 2. The Balaban J connectivity index is 2.30. The Bertz CT molecular complexity index is 86.7. The van der Waals surface area contributed by atoms with Crippen LogP contribution in [0.5, 0.6) is 0 Å². The summed E-state index contributed by atoms with van der Waals surface area (Å²) >= 11 is 0. The molecule has 0 aliphatic heterocycles. The maximum absolute atomic E-state index is 8.53. The van der Waals surface area contributed by atoms with Crippen molar-refractivity contribution in [3.05, 3.63) is 12.2 Å². The van der Waals surface area contributed by atoms with Crippen molar-refractivity contribution >= 4 is 0 Å². The van der Waals surface area contributed by atoms with Crippen molar-refractivity contribution in [1.29, 1.82) is 0 Å². The van der Waals surface area contributed by atoms with E-state index in [0.29, 0.717) is 0 Å². The van der Waals surface area contributed by atoms with E-state index in [4.69, 9.17) is 10.2 Å². The van der Waals surface area contributed by atoms with Crippen LogP contribution in [0.25, 0.3) is 0 Å². The van der Waals surface area contributed by atoms with Crippen LogP contribution in [-0.2, 0) is 0 Å². The molecule has 0 spiro atoms. The largest absolute Gasteiger partial charge is 0.396 e. The van der Waals surface area contributed by atoms with Crippen molar-refractivity contribution in [3.63, 3.8) is 0 Å². The maximum atomic E-state index is 8.53. The highest BCUT2D eigenvalue weighted by molar-refractivity contribution is 5.08. The second-order valence-electron chi connectivity index (χ2n) is 2.08. The molecule has 2 N–H and O–H groups in total. The van der Waals surface area contributed by atoms with Crippen LogP contribution in [0.1, 0.15) is 0 Å². The fourth-order valence-corrected chi connectivity index (χ4v) is 0.818. The highest BCUT2D eigenvalue weighted by Crippen LogP contribution is 2.23. The minimum Gasteiger partial charge on any atom is -0.396 e. The molecule has 0 fully saturated rings. The normalized spacial score (nSPS) is 34.8. The fourth-order valence-electron chi connectivity index (χ4n) is 0.818. The van der Waals surface area contributed by atoms with E-state index in [1.165, 1.54) is 0 Å². The average Bonchev–Trinajstić information content (AvgIpc) is 1.66. The zero-order valence-corrected chi connectivity index (χ0v) is 4.62. The van der Waals surface area contributed by atoms with Gasteiger partial charge in [-0.15, -0.1) is 0 Å². The highest BCUT2D eigenvalue weighted by atomic mass is 16.3. The highest BCUT2D eigenvalue weighted by Gasteiger charge is 2.21. The molecule has 0 aromatic heterocycles. The van der Waals surface area contributed by atoms with Gasteiger partial charge in [-0.3, -0.25) is 0 Å². The minimum absolute atomic E-state index is 0.168. The van der Waals surface area contributed by atoms with Crippen LogP contribution in [0.2, 0.25) is 0 Å². The van der Waals surface area contributed by atoms with Gasteiger partial charge in [0.05, 0.1) is 0 Å². The van der Waals surface area contributed by atoms with Gasteiger partial charge in [-0.25, -0.2) is 0 Å². The molecule has 0 aromatic carbocycles. The second-order valence-corrected chi connectivity index (χ2v) is 2.08. The number of hydrogen-bond acceptors (Lipinski definition) is 2. The lowest BCUT2D eigenvalue weighted by Crippen LogP contribution is -2.24. The van der Waals surface area contributed by atoms with E-state index in [-0.39, 0.29) is 25.0 Å². The van der Waals surface area contributed by atoms with Crippen molar-refractivity contribution in [3.8, 4) is 0 Å².